The molecule has 2 aliphatic carbocycles. The van der Waals surface area contributed by atoms with Gasteiger partial charge in [0.05, 0.1) is 0 Å². The molecular weight excluding hydrogens is 178 g/mol. The summed E-state index contributed by atoms with van der Waals surface area (Å²) in [6, 6.07) is 0.881. The van der Waals surface area contributed by atoms with E-state index in [1.165, 1.54) is 45.1 Å². The first-order valence-electron chi connectivity index (χ1n) is 5.73. The molecule has 1 N–H and O–H groups in total. The van der Waals surface area contributed by atoms with Gasteiger partial charge in [0.25, 0.3) is 0 Å². The van der Waals surface area contributed by atoms with Crippen LogP contribution in [-0.2, 0) is 0 Å². The van der Waals surface area contributed by atoms with Crippen LogP contribution in [0.15, 0.2) is 0 Å². The van der Waals surface area contributed by atoms with Crippen LogP contribution >= 0.6 is 11.8 Å². The van der Waals surface area contributed by atoms with E-state index in [0.29, 0.717) is 0 Å². The van der Waals surface area contributed by atoms with E-state index in [1.54, 1.807) is 0 Å². The second-order valence-corrected chi connectivity index (χ2v) is 6.28. The molecule has 1 atom stereocenters. The van der Waals surface area contributed by atoms with Crippen molar-refractivity contribution in [3.8, 4) is 0 Å². The van der Waals surface area contributed by atoms with Crippen LogP contribution in [-0.4, -0.2) is 23.1 Å². The molecule has 76 valence electrons. The first-order valence-corrected chi connectivity index (χ1v) is 6.68. The maximum Gasteiger partial charge on any atom is 0.0147 e. The summed E-state index contributed by atoms with van der Waals surface area (Å²) in [5.74, 6) is 0. The van der Waals surface area contributed by atoms with Gasteiger partial charge in [-0.25, -0.2) is 0 Å². The van der Waals surface area contributed by atoms with Crippen molar-refractivity contribution < 1.29 is 0 Å². The molecular formula is C11H21NS. The predicted molar refractivity (Wildman–Crippen MR) is 60.3 cm³/mol. The zero-order chi connectivity index (χ0) is 9.10. The minimum Gasteiger partial charge on any atom is -0.313 e. The van der Waals surface area contributed by atoms with Crippen molar-refractivity contribution in [3.63, 3.8) is 0 Å². The predicted octanol–water partition coefficient (Wildman–Crippen LogP) is 2.80. The molecule has 0 radical (unpaired) electrons. The van der Waals surface area contributed by atoms with Crippen LogP contribution in [0, 0.1) is 0 Å². The van der Waals surface area contributed by atoms with E-state index in [1.807, 2.05) is 0 Å². The summed E-state index contributed by atoms with van der Waals surface area (Å²) in [7, 11) is 0. The van der Waals surface area contributed by atoms with Crippen molar-refractivity contribution in [1.29, 1.82) is 0 Å². The molecule has 2 heteroatoms. The molecule has 13 heavy (non-hydrogen) atoms. The Morgan fingerprint density at radius 2 is 1.92 bits per heavy atom. The fourth-order valence-electron chi connectivity index (χ4n) is 2.02. The van der Waals surface area contributed by atoms with Gasteiger partial charge in [-0.3, -0.25) is 0 Å². The van der Waals surface area contributed by atoms with E-state index >= 15 is 0 Å². The average molecular weight is 199 g/mol. The highest BCUT2D eigenvalue weighted by atomic mass is 32.2. The van der Waals surface area contributed by atoms with Gasteiger partial charge in [0.1, 0.15) is 0 Å². The van der Waals surface area contributed by atoms with E-state index < -0.39 is 0 Å². The molecule has 1 nitrogen and oxygen atoms in total. The van der Waals surface area contributed by atoms with Crippen molar-refractivity contribution in [1.82, 2.24) is 5.32 Å². The molecule has 0 aromatic heterocycles. The van der Waals surface area contributed by atoms with E-state index in [-0.39, 0.29) is 0 Å². The number of nitrogens with one attached hydrogen (secondary N) is 1. The quantitative estimate of drug-likeness (QED) is 0.731. The van der Waals surface area contributed by atoms with E-state index in [2.05, 4.69) is 24.0 Å². The normalized spacial score (nSPS) is 26.5. The summed E-state index contributed by atoms with van der Waals surface area (Å²) in [5.41, 5.74) is 0. The van der Waals surface area contributed by atoms with E-state index in [9.17, 15) is 0 Å². The minimum absolute atomic E-state index is 0.823. The third-order valence-electron chi connectivity index (χ3n) is 3.00. The summed E-state index contributed by atoms with van der Waals surface area (Å²) >= 11 is 2.21. The summed E-state index contributed by atoms with van der Waals surface area (Å²) in [6.45, 7) is 3.60. The van der Waals surface area contributed by atoms with Gasteiger partial charge >= 0.3 is 0 Å². The first kappa shape index (κ1) is 9.85. The highest BCUT2D eigenvalue weighted by Crippen LogP contribution is 2.32. The third-order valence-corrected chi connectivity index (χ3v) is 4.49. The van der Waals surface area contributed by atoms with Gasteiger partial charge in [-0.05, 0) is 25.7 Å². The zero-order valence-corrected chi connectivity index (χ0v) is 9.41. The van der Waals surface area contributed by atoms with Crippen molar-refractivity contribution in [2.75, 3.05) is 6.54 Å². The number of thioether (sulfide) groups is 1. The van der Waals surface area contributed by atoms with Crippen LogP contribution in [0.5, 0.6) is 0 Å². The Labute approximate surface area is 86.0 Å². The maximum absolute atomic E-state index is 3.61. The van der Waals surface area contributed by atoms with Crippen molar-refractivity contribution in [2.45, 2.75) is 62.0 Å². The summed E-state index contributed by atoms with van der Waals surface area (Å²) in [5, 5.41) is 5.41. The lowest BCUT2D eigenvalue weighted by Gasteiger charge is -2.16. The lowest BCUT2D eigenvalue weighted by molar-refractivity contribution is 0.676. The Kier molecular flexibility index (Phi) is 3.56. The Balaban J connectivity index is 1.56. The molecule has 0 bridgehead atoms. The van der Waals surface area contributed by atoms with Crippen LogP contribution in [0.1, 0.15) is 45.4 Å². The van der Waals surface area contributed by atoms with Crippen molar-refractivity contribution in [3.05, 3.63) is 0 Å². The lowest BCUT2D eigenvalue weighted by Crippen LogP contribution is -2.25. The fraction of sp³-hybridized carbons (Fsp3) is 1.00. The molecule has 2 fully saturated rings. The van der Waals surface area contributed by atoms with E-state index in [4.69, 9.17) is 0 Å². The Morgan fingerprint density at radius 1 is 1.23 bits per heavy atom. The van der Waals surface area contributed by atoms with Gasteiger partial charge in [-0.2, -0.15) is 11.8 Å². The highest BCUT2D eigenvalue weighted by molar-refractivity contribution is 8.00. The van der Waals surface area contributed by atoms with Crippen LogP contribution in [0.4, 0.5) is 0 Å². The topological polar surface area (TPSA) is 12.0 Å². The molecule has 0 aromatic carbocycles. The molecule has 0 heterocycles. The second kappa shape index (κ2) is 4.70. The molecule has 2 aliphatic rings. The average Bonchev–Trinajstić information content (AvgIpc) is 2.82. The number of rotatable bonds is 5. The molecule has 0 aliphatic heterocycles. The SMILES string of the molecule is CC(CNC1CC1)SC1CCCC1. The maximum atomic E-state index is 3.61. The van der Waals surface area contributed by atoms with E-state index in [0.717, 1.165) is 16.5 Å². The molecule has 0 saturated heterocycles. The van der Waals surface area contributed by atoms with Crippen molar-refractivity contribution in [2.24, 2.45) is 0 Å². The van der Waals surface area contributed by atoms with Gasteiger partial charge in [0.2, 0.25) is 0 Å². The summed E-state index contributed by atoms with van der Waals surface area (Å²) in [4.78, 5) is 0. The second-order valence-electron chi connectivity index (χ2n) is 4.54. The Bertz CT molecular complexity index is 150. The zero-order valence-electron chi connectivity index (χ0n) is 8.59. The van der Waals surface area contributed by atoms with Crippen LogP contribution in [0.25, 0.3) is 0 Å². The van der Waals surface area contributed by atoms with Crippen molar-refractivity contribution >= 4 is 11.8 Å². The number of hydrogen-bond acceptors (Lipinski definition) is 2. The molecule has 1 unspecified atom stereocenters. The fourth-order valence-corrected chi connectivity index (χ4v) is 3.48. The van der Waals surface area contributed by atoms with Crippen LogP contribution in [0.3, 0.4) is 0 Å². The first-order chi connectivity index (χ1) is 6.34. The van der Waals surface area contributed by atoms with Gasteiger partial charge < -0.3 is 5.32 Å². The molecule has 0 spiro atoms. The Hall–Kier alpha value is 0.310. The van der Waals surface area contributed by atoms with Crippen LogP contribution in [0.2, 0.25) is 0 Å². The largest absolute Gasteiger partial charge is 0.313 e. The minimum atomic E-state index is 0.823. The molecule has 2 rings (SSSR count). The van der Waals surface area contributed by atoms with Crippen LogP contribution < -0.4 is 5.32 Å². The third kappa shape index (κ3) is 3.51. The Morgan fingerprint density at radius 3 is 2.54 bits per heavy atom. The molecule has 0 aromatic rings. The van der Waals surface area contributed by atoms with Gasteiger partial charge in [0.15, 0.2) is 0 Å². The monoisotopic (exact) mass is 199 g/mol. The highest BCUT2D eigenvalue weighted by Gasteiger charge is 2.22. The number of hydrogen-bond donors (Lipinski definition) is 1. The van der Waals surface area contributed by atoms with Gasteiger partial charge in [-0.1, -0.05) is 19.8 Å². The molecule has 2 saturated carbocycles. The smallest absolute Gasteiger partial charge is 0.0147 e. The van der Waals surface area contributed by atoms with Gasteiger partial charge in [0, 0.05) is 23.1 Å². The lowest BCUT2D eigenvalue weighted by atomic mass is 10.4. The standard InChI is InChI=1S/C11H21NS/c1-9(8-12-10-6-7-10)13-11-4-2-3-5-11/h9-12H,2-8H2,1H3. The van der Waals surface area contributed by atoms with Gasteiger partial charge in [-0.15, -0.1) is 0 Å². The summed E-state index contributed by atoms with van der Waals surface area (Å²) in [6.07, 6.45) is 8.72. The molecule has 0 amide bonds. The summed E-state index contributed by atoms with van der Waals surface area (Å²) < 4.78 is 0.